The van der Waals surface area contributed by atoms with Gasteiger partial charge in [-0.05, 0) is 0 Å². The maximum absolute atomic E-state index is 9.00. The summed E-state index contributed by atoms with van der Waals surface area (Å²) in [4.78, 5) is 18.0. The number of carboxylic acid groups (broad SMARTS) is 2. The molecular weight excluding hydrogens is 309 g/mol. The van der Waals surface area contributed by atoms with Crippen molar-refractivity contribution in [2.75, 3.05) is 6.54 Å². The number of carbonyl (C=O) groups is 2. The normalized spacial score (nSPS) is 8.55. The molecule has 0 aromatic rings. The van der Waals surface area contributed by atoms with E-state index in [0.29, 0.717) is 6.54 Å². The van der Waals surface area contributed by atoms with Crippen LogP contribution in [0.3, 0.4) is 0 Å². The number of rotatable bonds is 10. The second-order valence-corrected chi connectivity index (χ2v) is 4.97. The first-order valence-corrected chi connectivity index (χ1v) is 7.92. The van der Waals surface area contributed by atoms with Crippen molar-refractivity contribution in [2.24, 2.45) is 0 Å². The molecule has 0 aliphatic rings. The van der Waals surface area contributed by atoms with E-state index in [9.17, 15) is 0 Å². The van der Waals surface area contributed by atoms with Crippen LogP contribution in [0.2, 0.25) is 0 Å². The SMILES string of the molecule is CC(=O)O.CC(=O)O.CCCCCCCCCCCC[NH-].[K+]. The quantitative estimate of drug-likeness (QED) is 0.469. The van der Waals surface area contributed by atoms with Gasteiger partial charge in [-0.25, -0.2) is 0 Å². The molecule has 0 aliphatic heterocycles. The van der Waals surface area contributed by atoms with Gasteiger partial charge < -0.3 is 15.9 Å². The van der Waals surface area contributed by atoms with Crippen molar-refractivity contribution in [3.8, 4) is 0 Å². The van der Waals surface area contributed by atoms with Gasteiger partial charge in [0.05, 0.1) is 0 Å². The van der Waals surface area contributed by atoms with E-state index >= 15 is 0 Å². The maximum atomic E-state index is 9.00. The van der Waals surface area contributed by atoms with Crippen molar-refractivity contribution in [3.63, 3.8) is 0 Å². The number of unbranched alkanes of at least 4 members (excludes halogenated alkanes) is 9. The third-order valence-corrected chi connectivity index (χ3v) is 2.53. The van der Waals surface area contributed by atoms with Crippen LogP contribution in [0, 0.1) is 0 Å². The Morgan fingerprint density at radius 1 is 0.727 bits per heavy atom. The first-order chi connectivity index (χ1) is 9.88. The van der Waals surface area contributed by atoms with E-state index < -0.39 is 11.9 Å². The van der Waals surface area contributed by atoms with E-state index in [1.54, 1.807) is 0 Å². The third kappa shape index (κ3) is 70.6. The van der Waals surface area contributed by atoms with Crippen molar-refractivity contribution in [2.45, 2.75) is 85.0 Å². The minimum absolute atomic E-state index is 0. The third-order valence-electron chi connectivity index (χ3n) is 2.53. The van der Waals surface area contributed by atoms with Crippen LogP contribution in [0.5, 0.6) is 0 Å². The molecule has 0 aromatic heterocycles. The van der Waals surface area contributed by atoms with Crippen molar-refractivity contribution in [3.05, 3.63) is 5.73 Å². The van der Waals surface area contributed by atoms with E-state index in [2.05, 4.69) is 6.92 Å². The summed E-state index contributed by atoms with van der Waals surface area (Å²) in [7, 11) is 0. The van der Waals surface area contributed by atoms with Gasteiger partial charge in [0, 0.05) is 13.8 Å². The van der Waals surface area contributed by atoms with Gasteiger partial charge in [-0.1, -0.05) is 71.1 Å². The van der Waals surface area contributed by atoms with Crippen LogP contribution in [0.25, 0.3) is 5.73 Å². The van der Waals surface area contributed by atoms with E-state index in [1.807, 2.05) is 0 Å². The van der Waals surface area contributed by atoms with Gasteiger partial charge in [0.1, 0.15) is 0 Å². The van der Waals surface area contributed by atoms with E-state index in [0.717, 1.165) is 20.3 Å². The van der Waals surface area contributed by atoms with Crippen molar-refractivity contribution < 1.29 is 71.2 Å². The van der Waals surface area contributed by atoms with Gasteiger partial charge in [0.15, 0.2) is 0 Å². The van der Waals surface area contributed by atoms with Crippen LogP contribution in [0.15, 0.2) is 0 Å². The Balaban J connectivity index is -0.000000150. The smallest absolute Gasteiger partial charge is 0.677 e. The van der Waals surface area contributed by atoms with Gasteiger partial charge in [0.2, 0.25) is 0 Å². The molecular formula is C16H34KNO4. The van der Waals surface area contributed by atoms with E-state index in [1.165, 1.54) is 57.8 Å². The molecule has 0 fully saturated rings. The summed E-state index contributed by atoms with van der Waals surface area (Å²) in [6.45, 7) is 5.05. The molecule has 0 saturated carbocycles. The molecule has 0 radical (unpaired) electrons. The van der Waals surface area contributed by atoms with Crippen LogP contribution in [-0.4, -0.2) is 28.7 Å². The zero-order valence-electron chi connectivity index (χ0n) is 15.0. The number of carboxylic acids is 2. The van der Waals surface area contributed by atoms with Crippen molar-refractivity contribution >= 4 is 11.9 Å². The average Bonchev–Trinajstić information content (AvgIpc) is 2.35. The molecule has 0 aliphatic carbocycles. The summed E-state index contributed by atoms with van der Waals surface area (Å²) in [6.07, 6.45) is 13.6. The average molecular weight is 344 g/mol. The van der Waals surface area contributed by atoms with Crippen LogP contribution in [-0.2, 0) is 9.59 Å². The monoisotopic (exact) mass is 343 g/mol. The van der Waals surface area contributed by atoms with Gasteiger partial charge in [-0.2, -0.15) is 6.54 Å². The Kier molecular flexibility index (Phi) is 40.8. The standard InChI is InChI=1S/C12H26N.2C2H4O2.K/c1-2-3-4-5-6-7-8-9-10-11-12-13;2*1-2(3)4;/h13H,2-12H2,1H3;2*1H3,(H,3,4);/q-1;;;+1. The second-order valence-electron chi connectivity index (χ2n) is 4.97. The Labute approximate surface area is 178 Å². The maximum Gasteiger partial charge on any atom is 1.00 e. The van der Waals surface area contributed by atoms with E-state index in [4.69, 9.17) is 25.5 Å². The van der Waals surface area contributed by atoms with Gasteiger partial charge in [0.25, 0.3) is 11.9 Å². The molecule has 0 saturated heterocycles. The molecule has 0 atom stereocenters. The molecule has 128 valence electrons. The molecule has 0 heterocycles. The summed E-state index contributed by atoms with van der Waals surface area (Å²) in [5.41, 5.74) is 7.00. The first kappa shape index (κ1) is 30.4. The predicted octanol–water partition coefficient (Wildman–Crippen LogP) is 2.15. The largest absolute Gasteiger partial charge is 1.00 e. The molecule has 22 heavy (non-hydrogen) atoms. The summed E-state index contributed by atoms with van der Waals surface area (Å²) in [6, 6.07) is 0. The zero-order chi connectivity index (χ0) is 16.9. The fourth-order valence-corrected chi connectivity index (χ4v) is 1.61. The summed E-state index contributed by atoms with van der Waals surface area (Å²) in [5, 5.41) is 14.8. The molecule has 5 nitrogen and oxygen atoms in total. The van der Waals surface area contributed by atoms with Crippen LogP contribution in [0.1, 0.15) is 85.0 Å². The summed E-state index contributed by atoms with van der Waals surface area (Å²) < 4.78 is 0. The first-order valence-electron chi connectivity index (χ1n) is 7.92. The Morgan fingerprint density at radius 2 is 0.955 bits per heavy atom. The second kappa shape index (κ2) is 29.5. The summed E-state index contributed by atoms with van der Waals surface area (Å²) >= 11 is 0. The zero-order valence-corrected chi connectivity index (χ0v) is 18.1. The number of hydrogen-bond acceptors (Lipinski definition) is 2. The Hall–Kier alpha value is 0.536. The number of hydrogen-bond donors (Lipinski definition) is 2. The topological polar surface area (TPSA) is 98.4 Å². The molecule has 0 unspecified atom stereocenters. The minimum atomic E-state index is -0.833. The predicted molar refractivity (Wildman–Crippen MR) is 87.7 cm³/mol. The van der Waals surface area contributed by atoms with Gasteiger partial charge >= 0.3 is 51.4 Å². The Bertz CT molecular complexity index is 196. The van der Waals surface area contributed by atoms with Crippen LogP contribution >= 0.6 is 0 Å². The van der Waals surface area contributed by atoms with Crippen LogP contribution in [0.4, 0.5) is 0 Å². The van der Waals surface area contributed by atoms with Crippen LogP contribution < -0.4 is 51.4 Å². The van der Waals surface area contributed by atoms with Crippen molar-refractivity contribution in [1.82, 2.24) is 0 Å². The van der Waals surface area contributed by atoms with Gasteiger partial charge in [-0.3, -0.25) is 9.59 Å². The minimum Gasteiger partial charge on any atom is -0.677 e. The molecule has 0 rings (SSSR count). The fourth-order valence-electron chi connectivity index (χ4n) is 1.61. The summed E-state index contributed by atoms with van der Waals surface area (Å²) in [5.74, 6) is -1.67. The molecule has 0 amide bonds. The molecule has 0 bridgehead atoms. The number of aliphatic carboxylic acids is 2. The Morgan fingerprint density at radius 3 is 1.18 bits per heavy atom. The molecule has 3 N–H and O–H groups in total. The van der Waals surface area contributed by atoms with Crippen molar-refractivity contribution in [1.29, 1.82) is 0 Å². The van der Waals surface area contributed by atoms with Gasteiger partial charge in [-0.15, -0.1) is 0 Å². The molecule has 0 aromatic carbocycles. The fraction of sp³-hybridized carbons (Fsp3) is 0.875. The molecule has 0 spiro atoms. The molecule has 6 heteroatoms. The van der Waals surface area contributed by atoms with E-state index in [-0.39, 0.29) is 51.4 Å². The number of nitrogens with one attached hydrogen (secondary N) is 1.